The maximum Gasteiger partial charge on any atom is 0.196 e. The van der Waals surface area contributed by atoms with Crippen LogP contribution in [-0.4, -0.2) is 24.7 Å². The standard InChI is InChI=1S/C22H17N5S3/c1-15-2-4-19(5-3-15)27-20(16-6-9-23-10-7-16)25-26-22(27)30-14-18-13-29-21(24-18)17-8-11-28-12-17/h2-13H,14H2,1H3. The number of thiazole rings is 1. The molecular weight excluding hydrogens is 430 g/mol. The maximum absolute atomic E-state index is 4.79. The van der Waals surface area contributed by atoms with E-state index >= 15 is 0 Å². The molecule has 0 N–H and O–H groups in total. The first kappa shape index (κ1) is 19.2. The van der Waals surface area contributed by atoms with E-state index in [4.69, 9.17) is 4.98 Å². The van der Waals surface area contributed by atoms with Gasteiger partial charge >= 0.3 is 0 Å². The van der Waals surface area contributed by atoms with Gasteiger partial charge in [0.1, 0.15) is 5.01 Å². The van der Waals surface area contributed by atoms with Gasteiger partial charge in [-0.3, -0.25) is 9.55 Å². The molecule has 0 aliphatic carbocycles. The van der Waals surface area contributed by atoms with Gasteiger partial charge in [0.25, 0.3) is 0 Å². The highest BCUT2D eigenvalue weighted by atomic mass is 32.2. The quantitative estimate of drug-likeness (QED) is 0.294. The first-order valence-corrected chi connectivity index (χ1v) is 12.1. The van der Waals surface area contributed by atoms with Crippen LogP contribution in [0.3, 0.4) is 0 Å². The van der Waals surface area contributed by atoms with E-state index in [0.29, 0.717) is 0 Å². The number of thioether (sulfide) groups is 1. The molecule has 8 heteroatoms. The van der Waals surface area contributed by atoms with Crippen LogP contribution in [0.2, 0.25) is 0 Å². The average molecular weight is 448 g/mol. The van der Waals surface area contributed by atoms with Gasteiger partial charge in [-0.25, -0.2) is 4.98 Å². The van der Waals surface area contributed by atoms with Crippen LogP contribution in [0.25, 0.3) is 27.6 Å². The molecule has 0 fully saturated rings. The molecule has 1 aromatic carbocycles. The molecule has 4 heterocycles. The summed E-state index contributed by atoms with van der Waals surface area (Å²) in [5.74, 6) is 1.54. The Bertz CT molecular complexity index is 1240. The molecule has 30 heavy (non-hydrogen) atoms. The molecule has 0 aliphatic heterocycles. The van der Waals surface area contributed by atoms with E-state index < -0.39 is 0 Å². The topological polar surface area (TPSA) is 56.5 Å². The van der Waals surface area contributed by atoms with E-state index in [1.807, 2.05) is 12.1 Å². The van der Waals surface area contributed by atoms with E-state index in [-0.39, 0.29) is 0 Å². The van der Waals surface area contributed by atoms with Gasteiger partial charge in [0.15, 0.2) is 11.0 Å². The number of pyridine rings is 1. The van der Waals surface area contributed by atoms with Gasteiger partial charge in [0.2, 0.25) is 0 Å². The lowest BCUT2D eigenvalue weighted by molar-refractivity contribution is 0.885. The van der Waals surface area contributed by atoms with Crippen LogP contribution in [-0.2, 0) is 5.75 Å². The van der Waals surface area contributed by atoms with E-state index in [1.165, 1.54) is 11.1 Å². The number of aryl methyl sites for hydroxylation is 1. The molecule has 0 saturated heterocycles. The van der Waals surface area contributed by atoms with Crippen LogP contribution in [0.4, 0.5) is 0 Å². The largest absolute Gasteiger partial charge is 0.270 e. The van der Waals surface area contributed by atoms with Crippen molar-refractivity contribution in [1.29, 1.82) is 0 Å². The molecule has 148 valence electrons. The zero-order valence-electron chi connectivity index (χ0n) is 16.1. The molecule has 0 unspecified atom stereocenters. The summed E-state index contributed by atoms with van der Waals surface area (Å²) >= 11 is 5.02. The predicted molar refractivity (Wildman–Crippen MR) is 124 cm³/mol. The lowest BCUT2D eigenvalue weighted by Gasteiger charge is -2.10. The molecular formula is C22H17N5S3. The van der Waals surface area contributed by atoms with E-state index in [0.717, 1.165) is 38.7 Å². The Morgan fingerprint density at radius 1 is 0.933 bits per heavy atom. The number of hydrogen-bond acceptors (Lipinski definition) is 7. The summed E-state index contributed by atoms with van der Waals surface area (Å²) in [6, 6.07) is 14.4. The van der Waals surface area contributed by atoms with E-state index in [2.05, 4.69) is 73.1 Å². The third-order valence-electron chi connectivity index (χ3n) is 4.53. The SMILES string of the molecule is Cc1ccc(-n2c(SCc3csc(-c4ccsc4)n3)nnc2-c2ccncc2)cc1. The first-order chi connectivity index (χ1) is 14.8. The summed E-state index contributed by atoms with van der Waals surface area (Å²) in [6.45, 7) is 2.09. The Balaban J connectivity index is 1.46. The Morgan fingerprint density at radius 2 is 1.77 bits per heavy atom. The summed E-state index contributed by atoms with van der Waals surface area (Å²) in [4.78, 5) is 8.91. The van der Waals surface area contributed by atoms with E-state index in [9.17, 15) is 0 Å². The third-order valence-corrected chi connectivity index (χ3v) is 7.12. The van der Waals surface area contributed by atoms with Crippen molar-refractivity contribution in [3.8, 4) is 27.6 Å². The molecule has 0 atom stereocenters. The molecule has 0 spiro atoms. The van der Waals surface area contributed by atoms with Crippen LogP contribution in [0.1, 0.15) is 11.3 Å². The van der Waals surface area contributed by atoms with Crippen LogP contribution in [0.5, 0.6) is 0 Å². The number of nitrogens with zero attached hydrogens (tertiary/aromatic N) is 5. The minimum Gasteiger partial charge on any atom is -0.270 e. The van der Waals surface area contributed by atoms with Crippen molar-refractivity contribution in [3.63, 3.8) is 0 Å². The Labute approximate surface area is 186 Å². The second-order valence-electron chi connectivity index (χ2n) is 6.66. The fourth-order valence-corrected chi connectivity index (χ4v) is 5.49. The zero-order valence-corrected chi connectivity index (χ0v) is 18.5. The van der Waals surface area contributed by atoms with Crippen molar-refractivity contribution in [2.75, 3.05) is 0 Å². The number of aromatic nitrogens is 5. The van der Waals surface area contributed by atoms with E-state index in [1.54, 1.807) is 46.8 Å². The van der Waals surface area contributed by atoms with Gasteiger partial charge in [-0.15, -0.1) is 21.5 Å². The third kappa shape index (κ3) is 3.94. The number of rotatable bonds is 6. The van der Waals surface area contributed by atoms with Crippen LogP contribution in [0, 0.1) is 6.92 Å². The van der Waals surface area contributed by atoms with Gasteiger partial charge in [-0.05, 0) is 42.6 Å². The highest BCUT2D eigenvalue weighted by Crippen LogP contribution is 2.31. The molecule has 0 amide bonds. The van der Waals surface area contributed by atoms with Crippen molar-refractivity contribution in [3.05, 3.63) is 82.3 Å². The Hall–Kier alpha value is -2.81. The number of benzene rings is 1. The van der Waals surface area contributed by atoms with Crippen molar-refractivity contribution < 1.29 is 0 Å². The number of thiophene rings is 1. The van der Waals surface area contributed by atoms with Gasteiger partial charge < -0.3 is 0 Å². The average Bonchev–Trinajstić information content (AvgIpc) is 3.53. The monoisotopic (exact) mass is 447 g/mol. The summed E-state index contributed by atoms with van der Waals surface area (Å²) in [5.41, 5.74) is 5.48. The predicted octanol–water partition coefficient (Wildman–Crippen LogP) is 6.12. The van der Waals surface area contributed by atoms with Crippen molar-refractivity contribution in [2.24, 2.45) is 0 Å². The second kappa shape index (κ2) is 8.51. The Morgan fingerprint density at radius 3 is 2.53 bits per heavy atom. The summed E-state index contributed by atoms with van der Waals surface area (Å²) in [6.07, 6.45) is 3.55. The Kier molecular flexibility index (Phi) is 5.44. The fraction of sp³-hybridized carbons (Fsp3) is 0.0909. The molecule has 5 aromatic rings. The summed E-state index contributed by atoms with van der Waals surface area (Å²) < 4.78 is 2.10. The number of hydrogen-bond donors (Lipinski definition) is 0. The van der Waals surface area contributed by atoms with Gasteiger partial charge in [0.05, 0.1) is 5.69 Å². The summed E-state index contributed by atoms with van der Waals surface area (Å²) in [5, 5.41) is 17.2. The smallest absolute Gasteiger partial charge is 0.196 e. The van der Waals surface area contributed by atoms with Crippen LogP contribution in [0.15, 0.2) is 76.2 Å². The minimum absolute atomic E-state index is 0.737. The molecule has 0 radical (unpaired) electrons. The van der Waals surface area contributed by atoms with Crippen molar-refractivity contribution >= 4 is 34.4 Å². The summed E-state index contributed by atoms with van der Waals surface area (Å²) in [7, 11) is 0. The van der Waals surface area contributed by atoms with Gasteiger partial charge in [-0.1, -0.05) is 29.5 Å². The lowest BCUT2D eigenvalue weighted by Crippen LogP contribution is -2.00. The fourth-order valence-electron chi connectivity index (χ4n) is 3.01. The van der Waals surface area contributed by atoms with Crippen molar-refractivity contribution in [1.82, 2.24) is 24.7 Å². The highest BCUT2D eigenvalue weighted by Gasteiger charge is 2.17. The zero-order chi connectivity index (χ0) is 20.3. The maximum atomic E-state index is 4.79. The van der Waals surface area contributed by atoms with Gasteiger partial charge in [0, 0.05) is 45.7 Å². The van der Waals surface area contributed by atoms with Crippen molar-refractivity contribution in [2.45, 2.75) is 17.8 Å². The molecule has 4 aromatic heterocycles. The highest BCUT2D eigenvalue weighted by molar-refractivity contribution is 7.98. The molecule has 0 aliphatic rings. The minimum atomic E-state index is 0.737. The molecule has 5 rings (SSSR count). The first-order valence-electron chi connectivity index (χ1n) is 9.30. The van der Waals surface area contributed by atoms with Gasteiger partial charge in [-0.2, -0.15) is 11.3 Å². The molecule has 0 saturated carbocycles. The van der Waals surface area contributed by atoms with Crippen LogP contribution < -0.4 is 0 Å². The molecule has 0 bridgehead atoms. The molecule has 5 nitrogen and oxygen atoms in total. The van der Waals surface area contributed by atoms with Crippen LogP contribution >= 0.6 is 34.4 Å². The second-order valence-corrected chi connectivity index (χ2v) is 9.24. The normalized spacial score (nSPS) is 11.1. The lowest BCUT2D eigenvalue weighted by atomic mass is 10.2.